The largest absolute Gasteiger partial charge is 0.360 e. The molecule has 122 valence electrons. The minimum Gasteiger partial charge on any atom is -0.360 e. The molecule has 0 bridgehead atoms. The van der Waals surface area contributed by atoms with E-state index in [1.807, 2.05) is 12.3 Å². The first kappa shape index (κ1) is 14.6. The molecule has 0 saturated heterocycles. The van der Waals surface area contributed by atoms with Crippen LogP contribution in [0.5, 0.6) is 0 Å². The highest BCUT2D eigenvalue weighted by molar-refractivity contribution is 5.95. The van der Waals surface area contributed by atoms with E-state index in [2.05, 4.69) is 20.4 Å². The molecule has 3 heterocycles. The lowest BCUT2D eigenvalue weighted by molar-refractivity contribution is 0.0766. The summed E-state index contributed by atoms with van der Waals surface area (Å²) in [4.78, 5) is 17.3. The van der Waals surface area contributed by atoms with Gasteiger partial charge in [0, 0.05) is 35.8 Å². The van der Waals surface area contributed by atoms with Gasteiger partial charge in [-0.2, -0.15) is 15.4 Å². The van der Waals surface area contributed by atoms with E-state index < -0.39 is 0 Å². The van der Waals surface area contributed by atoms with Crippen molar-refractivity contribution in [2.45, 2.75) is 13.3 Å². The van der Waals surface area contributed by atoms with Crippen molar-refractivity contribution in [3.05, 3.63) is 53.2 Å². The van der Waals surface area contributed by atoms with Crippen LogP contribution in [0.25, 0.3) is 16.5 Å². The van der Waals surface area contributed by atoms with Crippen LogP contribution < -0.4 is 0 Å². The second-order valence-corrected chi connectivity index (χ2v) is 5.88. The molecule has 7 heteroatoms. The van der Waals surface area contributed by atoms with Crippen molar-refractivity contribution < 1.29 is 9.18 Å². The number of hydrogen-bond donors (Lipinski definition) is 2. The van der Waals surface area contributed by atoms with Crippen LogP contribution in [0, 0.1) is 12.7 Å². The topological polar surface area (TPSA) is 77.7 Å². The molecule has 0 radical (unpaired) electrons. The predicted molar refractivity (Wildman–Crippen MR) is 87.9 cm³/mol. The van der Waals surface area contributed by atoms with Gasteiger partial charge in [0.2, 0.25) is 0 Å². The number of fused-ring (bicyclic) bond motifs is 1. The fraction of sp³-hybridized carbons (Fsp3) is 0.235. The van der Waals surface area contributed by atoms with Gasteiger partial charge in [-0.05, 0) is 37.1 Å². The molecule has 24 heavy (non-hydrogen) atoms. The van der Waals surface area contributed by atoms with Gasteiger partial charge in [-0.3, -0.25) is 4.79 Å². The van der Waals surface area contributed by atoms with Gasteiger partial charge in [-0.25, -0.2) is 4.39 Å². The number of aryl methyl sites for hydroxylation is 1. The number of benzene rings is 1. The quantitative estimate of drug-likeness (QED) is 0.760. The van der Waals surface area contributed by atoms with Crippen molar-refractivity contribution >= 4 is 22.4 Å². The number of aromatic amines is 2. The number of carbonyl (C=O) groups is 1. The summed E-state index contributed by atoms with van der Waals surface area (Å²) < 4.78 is 13.3. The second-order valence-electron chi connectivity index (χ2n) is 5.88. The lowest BCUT2D eigenvalue weighted by Gasteiger charge is -2.25. The molecular weight excluding hydrogens is 309 g/mol. The van der Waals surface area contributed by atoms with Crippen LogP contribution in [-0.2, 0) is 0 Å². The Morgan fingerprint density at radius 2 is 2.21 bits per heavy atom. The molecule has 1 aromatic carbocycles. The third-order valence-corrected chi connectivity index (χ3v) is 4.41. The molecule has 0 aliphatic carbocycles. The Kier molecular flexibility index (Phi) is 3.41. The Hall–Kier alpha value is -2.96. The van der Waals surface area contributed by atoms with Crippen LogP contribution in [0.4, 0.5) is 4.39 Å². The molecule has 1 amide bonds. The summed E-state index contributed by atoms with van der Waals surface area (Å²) in [5.74, 6) is -0.370. The number of nitrogens with one attached hydrogen (secondary N) is 2. The van der Waals surface area contributed by atoms with E-state index in [1.165, 1.54) is 12.1 Å². The standard InChI is InChI=1S/C17H16FN5O/c1-10-16(21-22-20-10)17(24)23-6-4-11(5-7-23)14-9-19-15-8-12(18)2-3-13(14)15/h2-4,8-9,19H,5-7H2,1H3,(H,20,21,22). The molecule has 0 saturated carbocycles. The van der Waals surface area contributed by atoms with E-state index >= 15 is 0 Å². The van der Waals surface area contributed by atoms with Gasteiger partial charge >= 0.3 is 0 Å². The zero-order valence-corrected chi connectivity index (χ0v) is 13.1. The second kappa shape index (κ2) is 5.59. The highest BCUT2D eigenvalue weighted by atomic mass is 19.1. The number of amides is 1. The van der Waals surface area contributed by atoms with Crippen LogP contribution in [0.1, 0.15) is 28.2 Å². The summed E-state index contributed by atoms with van der Waals surface area (Å²) >= 11 is 0. The molecule has 2 N–H and O–H groups in total. The maximum absolute atomic E-state index is 13.3. The Morgan fingerprint density at radius 1 is 1.33 bits per heavy atom. The summed E-state index contributed by atoms with van der Waals surface area (Å²) in [5.41, 5.74) is 3.98. The molecule has 0 fully saturated rings. The van der Waals surface area contributed by atoms with Crippen molar-refractivity contribution in [1.29, 1.82) is 0 Å². The molecule has 4 rings (SSSR count). The maximum Gasteiger partial charge on any atom is 0.276 e. The Bertz CT molecular complexity index is 955. The summed E-state index contributed by atoms with van der Waals surface area (Å²) in [6.07, 6.45) is 4.69. The lowest BCUT2D eigenvalue weighted by atomic mass is 9.98. The summed E-state index contributed by atoms with van der Waals surface area (Å²) in [5, 5.41) is 11.3. The zero-order valence-electron chi connectivity index (χ0n) is 13.1. The molecule has 0 unspecified atom stereocenters. The monoisotopic (exact) mass is 325 g/mol. The average Bonchev–Trinajstić information content (AvgIpc) is 3.20. The van der Waals surface area contributed by atoms with Gasteiger partial charge in [0.15, 0.2) is 5.69 Å². The molecule has 1 aliphatic rings. The minimum atomic E-state index is -0.256. The molecule has 6 nitrogen and oxygen atoms in total. The van der Waals surface area contributed by atoms with Gasteiger partial charge in [-0.1, -0.05) is 6.08 Å². The molecule has 0 spiro atoms. The summed E-state index contributed by atoms with van der Waals surface area (Å²) in [6, 6.07) is 4.74. The molecule has 0 atom stereocenters. The van der Waals surface area contributed by atoms with Gasteiger partial charge in [0.25, 0.3) is 5.91 Å². The molecular formula is C17H16FN5O. The van der Waals surface area contributed by atoms with E-state index in [1.54, 1.807) is 17.9 Å². The number of hydrogen-bond acceptors (Lipinski definition) is 3. The van der Waals surface area contributed by atoms with Crippen LogP contribution in [0.15, 0.2) is 30.5 Å². The minimum absolute atomic E-state index is 0.113. The number of nitrogens with zero attached hydrogens (tertiary/aromatic N) is 3. The Labute approximate surface area is 137 Å². The number of carbonyl (C=O) groups excluding carboxylic acids is 1. The first-order valence-corrected chi connectivity index (χ1v) is 7.76. The van der Waals surface area contributed by atoms with Crippen molar-refractivity contribution in [2.75, 3.05) is 13.1 Å². The molecule has 3 aromatic rings. The SMILES string of the molecule is Cc1n[nH]nc1C(=O)N1CC=C(c2c[nH]c3cc(F)ccc23)CC1. The van der Waals surface area contributed by atoms with Gasteiger partial charge in [0.05, 0.1) is 5.69 Å². The first-order chi connectivity index (χ1) is 11.6. The number of rotatable bonds is 2. The average molecular weight is 325 g/mol. The Morgan fingerprint density at radius 3 is 2.92 bits per heavy atom. The van der Waals surface area contributed by atoms with E-state index in [-0.39, 0.29) is 11.7 Å². The first-order valence-electron chi connectivity index (χ1n) is 7.76. The van der Waals surface area contributed by atoms with Gasteiger partial charge < -0.3 is 9.88 Å². The van der Waals surface area contributed by atoms with E-state index in [4.69, 9.17) is 0 Å². The summed E-state index contributed by atoms with van der Waals surface area (Å²) in [7, 11) is 0. The molecule has 1 aliphatic heterocycles. The van der Waals surface area contributed by atoms with Gasteiger partial charge in [0.1, 0.15) is 5.82 Å². The normalized spacial score (nSPS) is 14.9. The molecule has 2 aromatic heterocycles. The van der Waals surface area contributed by atoms with E-state index in [0.717, 1.165) is 28.5 Å². The highest BCUT2D eigenvalue weighted by Gasteiger charge is 2.23. The maximum atomic E-state index is 13.3. The number of aromatic nitrogens is 4. The smallest absolute Gasteiger partial charge is 0.276 e. The Balaban J connectivity index is 1.58. The van der Waals surface area contributed by atoms with Crippen molar-refractivity contribution in [1.82, 2.24) is 25.3 Å². The van der Waals surface area contributed by atoms with Crippen LogP contribution >= 0.6 is 0 Å². The third kappa shape index (κ3) is 2.38. The van der Waals surface area contributed by atoms with Crippen LogP contribution in [0.3, 0.4) is 0 Å². The fourth-order valence-corrected chi connectivity index (χ4v) is 3.10. The third-order valence-electron chi connectivity index (χ3n) is 4.41. The van der Waals surface area contributed by atoms with Gasteiger partial charge in [-0.15, -0.1) is 0 Å². The van der Waals surface area contributed by atoms with Crippen molar-refractivity contribution in [3.63, 3.8) is 0 Å². The van der Waals surface area contributed by atoms with Crippen molar-refractivity contribution in [3.8, 4) is 0 Å². The van der Waals surface area contributed by atoms with E-state index in [0.29, 0.717) is 24.5 Å². The summed E-state index contributed by atoms with van der Waals surface area (Å²) in [6.45, 7) is 2.90. The van der Waals surface area contributed by atoms with E-state index in [9.17, 15) is 9.18 Å². The van der Waals surface area contributed by atoms with Crippen LogP contribution in [-0.4, -0.2) is 44.3 Å². The number of halogens is 1. The zero-order chi connectivity index (χ0) is 16.7. The fourth-order valence-electron chi connectivity index (χ4n) is 3.10. The predicted octanol–water partition coefficient (Wildman–Crippen LogP) is 2.66. The lowest BCUT2D eigenvalue weighted by Crippen LogP contribution is -2.35. The number of H-pyrrole nitrogens is 2. The van der Waals surface area contributed by atoms with Crippen LogP contribution in [0.2, 0.25) is 0 Å². The van der Waals surface area contributed by atoms with Crippen molar-refractivity contribution in [2.24, 2.45) is 0 Å². The highest BCUT2D eigenvalue weighted by Crippen LogP contribution is 2.29.